The van der Waals surface area contributed by atoms with Crippen LogP contribution in [0.4, 0.5) is 5.69 Å². The number of rotatable bonds is 10. The lowest BCUT2D eigenvalue weighted by Gasteiger charge is -2.32. The minimum absolute atomic E-state index is 0.118. The van der Waals surface area contributed by atoms with Crippen LogP contribution in [0.15, 0.2) is 66.7 Å². The Morgan fingerprint density at radius 1 is 0.944 bits per heavy atom. The molecule has 0 spiro atoms. The summed E-state index contributed by atoms with van der Waals surface area (Å²) >= 11 is 6.52. The predicted octanol–water partition coefficient (Wildman–Crippen LogP) is 5.24. The monoisotopic (exact) mass is 509 g/mol. The van der Waals surface area contributed by atoms with E-state index in [1.54, 1.807) is 53.4 Å². The van der Waals surface area contributed by atoms with Gasteiger partial charge < -0.3 is 25.4 Å². The predicted molar refractivity (Wildman–Crippen MR) is 143 cm³/mol. The van der Waals surface area contributed by atoms with E-state index in [0.29, 0.717) is 52.0 Å². The standard InChI is InChI=1S/C28H32ClN3O4/c1-28(2,17-30)18-32(27(34)19-8-6-5-7-9-19)16-21-14-22(11-12-23(21)29)31-26(33)20-10-13-24(35-3)25(15-20)36-4/h5-15H,16-18,30H2,1-4H3,(H,31,33). The highest BCUT2D eigenvalue weighted by Crippen LogP contribution is 2.29. The van der Waals surface area contributed by atoms with Gasteiger partial charge in [0.05, 0.1) is 14.2 Å². The zero-order valence-electron chi connectivity index (χ0n) is 21.0. The van der Waals surface area contributed by atoms with Crippen molar-refractivity contribution in [3.05, 3.63) is 88.4 Å². The Bertz CT molecular complexity index is 1210. The summed E-state index contributed by atoms with van der Waals surface area (Å²) in [5, 5.41) is 3.39. The molecule has 190 valence electrons. The van der Waals surface area contributed by atoms with Gasteiger partial charge in [-0.25, -0.2) is 0 Å². The van der Waals surface area contributed by atoms with Crippen molar-refractivity contribution in [3.8, 4) is 11.5 Å². The molecule has 7 nitrogen and oxygen atoms in total. The number of nitrogens with one attached hydrogen (secondary N) is 1. The molecule has 3 aromatic rings. The molecule has 0 fully saturated rings. The SMILES string of the molecule is COc1ccc(C(=O)Nc2ccc(Cl)c(CN(CC(C)(C)CN)C(=O)c3ccccc3)c2)cc1OC. The summed E-state index contributed by atoms with van der Waals surface area (Å²) in [6.45, 7) is 5.14. The lowest BCUT2D eigenvalue weighted by Crippen LogP contribution is -2.41. The van der Waals surface area contributed by atoms with E-state index in [4.69, 9.17) is 26.8 Å². The number of anilines is 1. The summed E-state index contributed by atoms with van der Waals surface area (Å²) < 4.78 is 10.5. The number of carbonyl (C=O) groups is 2. The van der Waals surface area contributed by atoms with E-state index >= 15 is 0 Å². The van der Waals surface area contributed by atoms with E-state index in [9.17, 15) is 9.59 Å². The summed E-state index contributed by atoms with van der Waals surface area (Å²) in [4.78, 5) is 28.0. The van der Waals surface area contributed by atoms with Crippen LogP contribution < -0.4 is 20.5 Å². The van der Waals surface area contributed by atoms with Gasteiger partial charge in [0.2, 0.25) is 0 Å². The van der Waals surface area contributed by atoms with E-state index in [2.05, 4.69) is 5.32 Å². The molecule has 0 aliphatic carbocycles. The second-order valence-corrected chi connectivity index (χ2v) is 9.63. The lowest BCUT2D eigenvalue weighted by atomic mass is 9.92. The highest BCUT2D eigenvalue weighted by Gasteiger charge is 2.25. The van der Waals surface area contributed by atoms with Gasteiger partial charge in [0, 0.05) is 34.9 Å². The Balaban J connectivity index is 1.85. The zero-order chi connectivity index (χ0) is 26.3. The number of halogens is 1. The van der Waals surface area contributed by atoms with E-state index in [0.717, 1.165) is 0 Å². The van der Waals surface area contributed by atoms with Gasteiger partial charge in [-0.15, -0.1) is 0 Å². The van der Waals surface area contributed by atoms with Gasteiger partial charge in [-0.3, -0.25) is 9.59 Å². The normalized spacial score (nSPS) is 11.1. The Kier molecular flexibility index (Phi) is 8.96. The molecule has 36 heavy (non-hydrogen) atoms. The second-order valence-electron chi connectivity index (χ2n) is 9.23. The molecular weight excluding hydrogens is 478 g/mol. The number of hydrogen-bond acceptors (Lipinski definition) is 5. The quantitative estimate of drug-likeness (QED) is 0.390. The van der Waals surface area contributed by atoms with Crippen LogP contribution in [0.3, 0.4) is 0 Å². The van der Waals surface area contributed by atoms with E-state index < -0.39 is 0 Å². The minimum Gasteiger partial charge on any atom is -0.493 e. The third-order valence-electron chi connectivity index (χ3n) is 5.79. The van der Waals surface area contributed by atoms with Crippen LogP contribution in [0, 0.1) is 5.41 Å². The first-order valence-corrected chi connectivity index (χ1v) is 11.9. The number of carbonyl (C=O) groups excluding carboxylic acids is 2. The van der Waals surface area contributed by atoms with Crippen molar-refractivity contribution in [2.24, 2.45) is 11.1 Å². The van der Waals surface area contributed by atoms with Crippen LogP contribution in [0.2, 0.25) is 5.02 Å². The van der Waals surface area contributed by atoms with E-state index in [1.165, 1.54) is 14.2 Å². The molecule has 8 heteroatoms. The Morgan fingerprint density at radius 2 is 1.64 bits per heavy atom. The van der Waals surface area contributed by atoms with Crippen molar-refractivity contribution >= 4 is 29.1 Å². The molecule has 3 rings (SSSR count). The fourth-order valence-electron chi connectivity index (χ4n) is 3.70. The van der Waals surface area contributed by atoms with E-state index in [-0.39, 0.29) is 23.8 Å². The first-order valence-electron chi connectivity index (χ1n) is 11.5. The minimum atomic E-state index is -0.314. The first kappa shape index (κ1) is 27.0. The number of methoxy groups -OCH3 is 2. The Hall–Kier alpha value is -3.55. The van der Waals surface area contributed by atoms with E-state index in [1.807, 2.05) is 32.0 Å². The number of nitrogens with zero attached hydrogens (tertiary/aromatic N) is 1. The smallest absolute Gasteiger partial charge is 0.255 e. The molecule has 0 aliphatic rings. The molecule has 0 saturated carbocycles. The molecule has 3 N–H and O–H groups in total. The molecule has 3 aromatic carbocycles. The zero-order valence-corrected chi connectivity index (χ0v) is 21.8. The average molecular weight is 510 g/mol. The Morgan fingerprint density at radius 3 is 2.28 bits per heavy atom. The van der Waals surface area contributed by atoms with Gasteiger partial charge in [-0.1, -0.05) is 43.6 Å². The van der Waals surface area contributed by atoms with Crippen molar-refractivity contribution in [1.29, 1.82) is 0 Å². The largest absolute Gasteiger partial charge is 0.493 e. The molecular formula is C28H32ClN3O4. The fourth-order valence-corrected chi connectivity index (χ4v) is 3.88. The van der Waals surface area contributed by atoms with Crippen LogP contribution in [0.1, 0.15) is 40.1 Å². The van der Waals surface area contributed by atoms with Crippen LogP contribution in [0.5, 0.6) is 11.5 Å². The van der Waals surface area contributed by atoms with Crippen molar-refractivity contribution < 1.29 is 19.1 Å². The van der Waals surface area contributed by atoms with Gasteiger partial charge in [0.15, 0.2) is 11.5 Å². The number of hydrogen-bond donors (Lipinski definition) is 2. The molecule has 0 radical (unpaired) electrons. The third-order valence-corrected chi connectivity index (χ3v) is 6.16. The van der Waals surface area contributed by atoms with Crippen molar-refractivity contribution in [3.63, 3.8) is 0 Å². The molecule has 0 saturated heterocycles. The maximum Gasteiger partial charge on any atom is 0.255 e. The number of ether oxygens (including phenoxy) is 2. The van der Waals surface area contributed by atoms with Gasteiger partial charge in [-0.2, -0.15) is 0 Å². The van der Waals surface area contributed by atoms with Crippen LogP contribution in [-0.4, -0.2) is 44.0 Å². The van der Waals surface area contributed by atoms with Crippen LogP contribution in [0.25, 0.3) is 0 Å². The maximum atomic E-state index is 13.4. The Labute approximate surface area is 217 Å². The lowest BCUT2D eigenvalue weighted by molar-refractivity contribution is 0.0673. The van der Waals surface area contributed by atoms with Gasteiger partial charge in [-0.05, 0) is 66.1 Å². The highest BCUT2D eigenvalue weighted by atomic mass is 35.5. The number of nitrogens with two attached hydrogens (primary N) is 1. The average Bonchev–Trinajstić information content (AvgIpc) is 2.89. The first-order chi connectivity index (χ1) is 17.2. The number of benzene rings is 3. The number of amides is 2. The topological polar surface area (TPSA) is 93.9 Å². The summed E-state index contributed by atoms with van der Waals surface area (Å²) in [6.07, 6.45) is 0. The van der Waals surface area contributed by atoms with Crippen molar-refractivity contribution in [2.45, 2.75) is 20.4 Å². The molecule has 0 aromatic heterocycles. The van der Waals surface area contributed by atoms with Crippen LogP contribution in [-0.2, 0) is 6.54 Å². The summed E-state index contributed by atoms with van der Waals surface area (Å²) in [5.74, 6) is 0.560. The molecule has 0 unspecified atom stereocenters. The summed E-state index contributed by atoms with van der Waals surface area (Å²) in [7, 11) is 3.05. The van der Waals surface area contributed by atoms with Gasteiger partial charge in [0.25, 0.3) is 11.8 Å². The van der Waals surface area contributed by atoms with Gasteiger partial charge in [0.1, 0.15) is 0 Å². The highest BCUT2D eigenvalue weighted by molar-refractivity contribution is 6.31. The summed E-state index contributed by atoms with van der Waals surface area (Å²) in [5.41, 5.74) is 7.92. The fraction of sp³-hybridized carbons (Fsp3) is 0.286. The van der Waals surface area contributed by atoms with Crippen molar-refractivity contribution in [2.75, 3.05) is 32.6 Å². The second kappa shape index (κ2) is 11.9. The molecule has 0 heterocycles. The summed E-state index contributed by atoms with van der Waals surface area (Å²) in [6, 6.07) is 19.2. The molecule has 2 amide bonds. The van der Waals surface area contributed by atoms with Crippen molar-refractivity contribution in [1.82, 2.24) is 4.90 Å². The maximum absolute atomic E-state index is 13.4. The molecule has 0 aliphatic heterocycles. The molecule has 0 bridgehead atoms. The van der Waals surface area contributed by atoms with Gasteiger partial charge >= 0.3 is 0 Å². The molecule has 0 atom stereocenters. The van der Waals surface area contributed by atoms with Crippen LogP contribution >= 0.6 is 11.6 Å². The third kappa shape index (κ3) is 6.77.